The average Bonchev–Trinajstić information content (AvgIpc) is 3.01. The predicted molar refractivity (Wildman–Crippen MR) is 169 cm³/mol. The monoisotopic (exact) mass is 660 g/mol. The molecule has 6 atom stereocenters. The molecular weight excluding hydrogens is 620 g/mol. The molecule has 250 valence electrons. The van der Waals surface area contributed by atoms with Gasteiger partial charge in [-0.2, -0.15) is 12.6 Å². The number of hydrogen-bond acceptors (Lipinski definition) is 10. The van der Waals surface area contributed by atoms with E-state index in [1.54, 1.807) is 30.3 Å². The van der Waals surface area contributed by atoms with Crippen LogP contribution in [0.15, 0.2) is 54.6 Å². The summed E-state index contributed by atoms with van der Waals surface area (Å²) < 4.78 is 0. The molecule has 0 saturated carbocycles. The fourth-order valence-electron chi connectivity index (χ4n) is 4.24. The molecular formula is C30H40N6O9S. The van der Waals surface area contributed by atoms with Crippen LogP contribution in [0.4, 0.5) is 0 Å². The van der Waals surface area contributed by atoms with Gasteiger partial charge in [0.1, 0.15) is 29.9 Å². The minimum absolute atomic E-state index is 0.0492. The molecule has 11 N–H and O–H groups in total. The Morgan fingerprint density at radius 1 is 0.761 bits per heavy atom. The molecule has 0 aliphatic heterocycles. The zero-order chi connectivity index (χ0) is 34.4. The second-order valence-electron chi connectivity index (χ2n) is 10.6. The molecule has 0 bridgehead atoms. The van der Waals surface area contributed by atoms with E-state index in [2.05, 4.69) is 33.9 Å². The van der Waals surface area contributed by atoms with Crippen LogP contribution < -0.4 is 32.7 Å². The highest BCUT2D eigenvalue weighted by Crippen LogP contribution is 2.13. The Bertz CT molecular complexity index is 1360. The second-order valence-corrected chi connectivity index (χ2v) is 11.0. The van der Waals surface area contributed by atoms with E-state index in [1.807, 2.05) is 0 Å². The fourth-order valence-corrected chi connectivity index (χ4v) is 4.40. The van der Waals surface area contributed by atoms with Gasteiger partial charge >= 0.3 is 5.97 Å². The molecule has 0 aliphatic carbocycles. The van der Waals surface area contributed by atoms with Crippen molar-refractivity contribution in [1.82, 2.24) is 21.3 Å². The lowest BCUT2D eigenvalue weighted by Crippen LogP contribution is -2.61. The number of primary amides is 1. The van der Waals surface area contributed by atoms with Crippen molar-refractivity contribution in [2.75, 3.05) is 5.75 Å². The van der Waals surface area contributed by atoms with Crippen LogP contribution in [-0.2, 0) is 41.6 Å². The van der Waals surface area contributed by atoms with Gasteiger partial charge in [-0.3, -0.25) is 24.0 Å². The number of aliphatic carboxylic acids is 1. The summed E-state index contributed by atoms with van der Waals surface area (Å²) in [5.41, 5.74) is 12.0. The number of aliphatic hydroxyl groups is 1. The molecule has 2 aromatic rings. The number of benzene rings is 2. The molecule has 0 aromatic heterocycles. The molecule has 15 nitrogen and oxygen atoms in total. The maximum absolute atomic E-state index is 13.5. The van der Waals surface area contributed by atoms with Gasteiger partial charge in [-0.15, -0.1) is 0 Å². The van der Waals surface area contributed by atoms with Crippen molar-refractivity contribution in [2.24, 2.45) is 11.5 Å². The average molecular weight is 661 g/mol. The second kappa shape index (κ2) is 18.3. The molecule has 2 aromatic carbocycles. The van der Waals surface area contributed by atoms with Crippen molar-refractivity contribution in [1.29, 1.82) is 0 Å². The molecule has 5 amide bonds. The van der Waals surface area contributed by atoms with Crippen LogP contribution in [-0.4, -0.2) is 92.9 Å². The number of carbonyl (C=O) groups excluding carboxylic acids is 5. The molecule has 0 heterocycles. The van der Waals surface area contributed by atoms with Crippen molar-refractivity contribution >= 4 is 48.1 Å². The number of nitrogens with one attached hydrogen (secondary N) is 4. The van der Waals surface area contributed by atoms with Crippen molar-refractivity contribution in [3.8, 4) is 5.75 Å². The number of amides is 5. The van der Waals surface area contributed by atoms with Gasteiger partial charge in [0.05, 0.1) is 12.1 Å². The Morgan fingerprint density at radius 2 is 1.28 bits per heavy atom. The van der Waals surface area contributed by atoms with Crippen molar-refractivity contribution in [2.45, 2.75) is 68.9 Å². The first-order chi connectivity index (χ1) is 21.7. The van der Waals surface area contributed by atoms with E-state index in [4.69, 9.17) is 11.5 Å². The SMILES string of the molecule is C[C@@H](O)[C@H](NC(=O)[C@@H](N)CS)C(=O)N[C@@H](CCC(N)=O)C(=O)N[C@@H](Cc1ccc(O)cc1)C(=O)N[C@@H](Cc1ccccc1)C(=O)O. The third-order valence-corrected chi connectivity index (χ3v) is 7.21. The van der Waals surface area contributed by atoms with E-state index in [1.165, 1.54) is 31.2 Å². The van der Waals surface area contributed by atoms with Gasteiger partial charge in [0.25, 0.3) is 0 Å². The summed E-state index contributed by atoms with van der Waals surface area (Å²) in [5, 5.41) is 39.2. The Labute approximate surface area is 270 Å². The van der Waals surface area contributed by atoms with Gasteiger partial charge < -0.3 is 48.1 Å². The number of phenols is 1. The first kappa shape index (κ1) is 37.5. The molecule has 2 rings (SSSR count). The number of carboxylic acids is 1. The summed E-state index contributed by atoms with van der Waals surface area (Å²) in [6.45, 7) is 1.22. The van der Waals surface area contributed by atoms with Gasteiger partial charge in [-0.05, 0) is 36.6 Å². The standard InChI is InChI=1S/C30H40N6O9S/c1-16(37)25(36-26(40)20(31)15-46)29(43)33-21(11-12-24(32)39)27(41)34-22(13-18-7-9-19(38)10-8-18)28(42)35-23(30(44)45)14-17-5-3-2-4-6-17/h2-10,16,20-23,25,37-38,46H,11-15,31H2,1H3,(H2,32,39)(H,33,43)(H,34,41)(H,35,42)(H,36,40)(H,44,45)/t16-,20+,21+,22+,23+,25+/m1/s1. The number of phenolic OH excluding ortho intramolecular Hbond substituents is 1. The minimum atomic E-state index is -1.55. The summed E-state index contributed by atoms with van der Waals surface area (Å²) in [5.74, 6) is -5.80. The van der Waals surface area contributed by atoms with Crippen LogP contribution in [0.5, 0.6) is 5.75 Å². The van der Waals surface area contributed by atoms with E-state index < -0.39 is 71.8 Å². The number of carboxylic acid groups (broad SMARTS) is 1. The number of hydrogen-bond donors (Lipinski definition) is 10. The lowest BCUT2D eigenvalue weighted by molar-refractivity contribution is -0.142. The zero-order valence-corrected chi connectivity index (χ0v) is 26.0. The first-order valence-corrected chi connectivity index (χ1v) is 14.9. The normalized spacial score (nSPS) is 14.8. The molecule has 0 radical (unpaired) electrons. The third-order valence-electron chi connectivity index (χ3n) is 6.81. The van der Waals surface area contributed by atoms with Gasteiger partial charge in [0.15, 0.2) is 0 Å². The van der Waals surface area contributed by atoms with Crippen molar-refractivity contribution < 1.29 is 44.1 Å². The molecule has 46 heavy (non-hydrogen) atoms. The van der Waals surface area contributed by atoms with Crippen LogP contribution >= 0.6 is 12.6 Å². The van der Waals surface area contributed by atoms with E-state index in [0.29, 0.717) is 11.1 Å². The maximum atomic E-state index is 13.5. The summed E-state index contributed by atoms with van der Waals surface area (Å²) in [7, 11) is 0. The molecule has 16 heteroatoms. The fraction of sp³-hybridized carbons (Fsp3) is 0.400. The minimum Gasteiger partial charge on any atom is -0.508 e. The molecule has 0 unspecified atom stereocenters. The number of aliphatic hydroxyl groups excluding tert-OH is 1. The Hall–Kier alpha value is -4.67. The van der Waals surface area contributed by atoms with E-state index in [9.17, 15) is 44.1 Å². The topological polar surface area (TPSA) is 263 Å². The van der Waals surface area contributed by atoms with Gasteiger partial charge in [0, 0.05) is 25.0 Å². The lowest BCUT2D eigenvalue weighted by atomic mass is 10.0. The largest absolute Gasteiger partial charge is 0.508 e. The number of nitrogens with two attached hydrogens (primary N) is 2. The third kappa shape index (κ3) is 12.4. The predicted octanol–water partition coefficient (Wildman–Crippen LogP) is -1.90. The number of rotatable bonds is 18. The smallest absolute Gasteiger partial charge is 0.326 e. The molecule has 0 saturated heterocycles. The quantitative estimate of drug-likeness (QED) is 0.0794. The summed E-state index contributed by atoms with van der Waals surface area (Å²) in [4.78, 5) is 76.0. The number of carbonyl (C=O) groups is 6. The van der Waals surface area contributed by atoms with Crippen LogP contribution in [0.2, 0.25) is 0 Å². The van der Waals surface area contributed by atoms with Crippen molar-refractivity contribution in [3.63, 3.8) is 0 Å². The highest BCUT2D eigenvalue weighted by molar-refractivity contribution is 7.80. The first-order valence-electron chi connectivity index (χ1n) is 14.3. The summed E-state index contributed by atoms with van der Waals surface area (Å²) in [6.07, 6.45) is -2.31. The Kier molecular flexibility index (Phi) is 15.0. The zero-order valence-electron chi connectivity index (χ0n) is 25.1. The van der Waals surface area contributed by atoms with Crippen LogP contribution in [0.25, 0.3) is 0 Å². The highest BCUT2D eigenvalue weighted by Gasteiger charge is 2.33. The Balaban J connectivity index is 2.33. The number of thiol groups is 1. The lowest BCUT2D eigenvalue weighted by Gasteiger charge is -2.27. The number of aromatic hydroxyl groups is 1. The van der Waals surface area contributed by atoms with E-state index in [-0.39, 0.29) is 37.2 Å². The van der Waals surface area contributed by atoms with Crippen LogP contribution in [0.3, 0.4) is 0 Å². The van der Waals surface area contributed by atoms with E-state index in [0.717, 1.165) is 0 Å². The van der Waals surface area contributed by atoms with Crippen LogP contribution in [0, 0.1) is 0 Å². The van der Waals surface area contributed by atoms with E-state index >= 15 is 0 Å². The summed E-state index contributed by atoms with van der Waals surface area (Å²) in [6, 6.07) is 7.42. The van der Waals surface area contributed by atoms with Gasteiger partial charge in [0.2, 0.25) is 29.5 Å². The van der Waals surface area contributed by atoms with Gasteiger partial charge in [-0.25, -0.2) is 4.79 Å². The van der Waals surface area contributed by atoms with Gasteiger partial charge in [-0.1, -0.05) is 42.5 Å². The molecule has 0 spiro atoms. The molecule has 0 fully saturated rings. The summed E-state index contributed by atoms with van der Waals surface area (Å²) >= 11 is 3.93. The Morgan fingerprint density at radius 3 is 1.83 bits per heavy atom. The maximum Gasteiger partial charge on any atom is 0.326 e. The molecule has 0 aliphatic rings. The van der Waals surface area contributed by atoms with Crippen molar-refractivity contribution in [3.05, 3.63) is 65.7 Å². The highest BCUT2D eigenvalue weighted by atomic mass is 32.1. The van der Waals surface area contributed by atoms with Crippen LogP contribution in [0.1, 0.15) is 30.9 Å².